The Kier molecular flexibility index (Phi) is 5.34. The largest absolute Gasteiger partial charge is 0.491 e. The van der Waals surface area contributed by atoms with Crippen LogP contribution in [0.2, 0.25) is 0 Å². The number of benzene rings is 2. The highest BCUT2D eigenvalue weighted by atomic mass is 19.1. The van der Waals surface area contributed by atoms with Crippen LogP contribution in [0.15, 0.2) is 36.4 Å². The van der Waals surface area contributed by atoms with Crippen LogP contribution in [-0.4, -0.2) is 18.6 Å². The van der Waals surface area contributed by atoms with E-state index in [4.69, 9.17) is 4.74 Å². The summed E-state index contributed by atoms with van der Waals surface area (Å²) in [5.74, 6) is 0.0605. The molecule has 0 aromatic heterocycles. The van der Waals surface area contributed by atoms with Crippen molar-refractivity contribution >= 4 is 11.6 Å². The SMILES string of the molecule is CCC(C)Oc1ccc(C(=O)Nc2ccc3c(c2F)CCNC3)cc1. The molecular weight excluding hydrogens is 319 g/mol. The molecule has 0 saturated carbocycles. The lowest BCUT2D eigenvalue weighted by Gasteiger charge is -2.19. The van der Waals surface area contributed by atoms with Crippen molar-refractivity contribution in [2.75, 3.05) is 11.9 Å². The van der Waals surface area contributed by atoms with Gasteiger partial charge in [-0.05, 0) is 67.8 Å². The molecule has 132 valence electrons. The van der Waals surface area contributed by atoms with Crippen molar-refractivity contribution < 1.29 is 13.9 Å². The van der Waals surface area contributed by atoms with Gasteiger partial charge in [-0.3, -0.25) is 4.79 Å². The highest BCUT2D eigenvalue weighted by molar-refractivity contribution is 6.04. The number of halogens is 1. The molecular formula is C20H23FN2O2. The Bertz CT molecular complexity index is 759. The Labute approximate surface area is 147 Å². The first-order chi connectivity index (χ1) is 12.1. The molecule has 2 aromatic carbocycles. The summed E-state index contributed by atoms with van der Waals surface area (Å²) in [5, 5.41) is 5.88. The van der Waals surface area contributed by atoms with Crippen molar-refractivity contribution in [2.45, 2.75) is 39.3 Å². The van der Waals surface area contributed by atoms with Crippen LogP contribution in [0.3, 0.4) is 0 Å². The maximum Gasteiger partial charge on any atom is 0.255 e. The number of ether oxygens (including phenoxy) is 1. The van der Waals surface area contributed by atoms with E-state index in [1.165, 1.54) is 0 Å². The van der Waals surface area contributed by atoms with Crippen molar-refractivity contribution in [3.8, 4) is 5.75 Å². The summed E-state index contributed by atoms with van der Waals surface area (Å²) < 4.78 is 20.3. The number of fused-ring (bicyclic) bond motifs is 1. The summed E-state index contributed by atoms with van der Waals surface area (Å²) in [6, 6.07) is 10.4. The fraction of sp³-hybridized carbons (Fsp3) is 0.350. The maximum absolute atomic E-state index is 14.6. The zero-order valence-corrected chi connectivity index (χ0v) is 14.6. The quantitative estimate of drug-likeness (QED) is 0.866. The molecule has 1 unspecified atom stereocenters. The zero-order chi connectivity index (χ0) is 17.8. The second kappa shape index (κ2) is 7.66. The van der Waals surface area contributed by atoms with Gasteiger partial charge in [-0.25, -0.2) is 4.39 Å². The average molecular weight is 342 g/mol. The predicted octanol–water partition coefficient (Wildman–Crippen LogP) is 3.90. The standard InChI is InChI=1S/C20H23FN2O2/c1-3-13(2)25-16-7-4-14(5-8-16)20(24)23-18-9-6-15-12-22-11-10-17(15)19(18)21/h4-9,13,22H,3,10-12H2,1-2H3,(H,23,24). The minimum absolute atomic E-state index is 0.124. The second-order valence-electron chi connectivity index (χ2n) is 6.31. The maximum atomic E-state index is 14.6. The van der Waals surface area contributed by atoms with Crippen LogP contribution in [0.1, 0.15) is 41.8 Å². The molecule has 5 heteroatoms. The molecule has 0 fully saturated rings. The predicted molar refractivity (Wildman–Crippen MR) is 96.6 cm³/mol. The molecule has 1 aliphatic heterocycles. The topological polar surface area (TPSA) is 50.4 Å². The van der Waals surface area contributed by atoms with Crippen LogP contribution < -0.4 is 15.4 Å². The minimum atomic E-state index is -0.331. The normalized spacial score (nSPS) is 14.5. The number of nitrogens with one attached hydrogen (secondary N) is 2. The van der Waals surface area contributed by atoms with Gasteiger partial charge in [0.05, 0.1) is 11.8 Å². The lowest BCUT2D eigenvalue weighted by atomic mass is 9.99. The van der Waals surface area contributed by atoms with Crippen LogP contribution in [0.5, 0.6) is 5.75 Å². The summed E-state index contributed by atoms with van der Waals surface area (Å²) in [6.45, 7) is 5.46. The first kappa shape index (κ1) is 17.4. The molecule has 1 atom stereocenters. The minimum Gasteiger partial charge on any atom is -0.491 e. The van der Waals surface area contributed by atoms with Crippen LogP contribution in [0.25, 0.3) is 0 Å². The Morgan fingerprint density at radius 3 is 2.76 bits per heavy atom. The Morgan fingerprint density at radius 1 is 1.28 bits per heavy atom. The van der Waals surface area contributed by atoms with E-state index >= 15 is 0 Å². The molecule has 0 spiro atoms. The third kappa shape index (κ3) is 3.99. The number of amides is 1. The van der Waals surface area contributed by atoms with E-state index in [0.717, 1.165) is 24.3 Å². The third-order valence-corrected chi connectivity index (χ3v) is 4.48. The van der Waals surface area contributed by atoms with Crippen LogP contribution in [0, 0.1) is 5.82 Å². The van der Waals surface area contributed by atoms with Gasteiger partial charge in [0, 0.05) is 12.1 Å². The fourth-order valence-electron chi connectivity index (χ4n) is 2.83. The smallest absolute Gasteiger partial charge is 0.255 e. The molecule has 0 radical (unpaired) electrons. The van der Waals surface area contributed by atoms with Crippen molar-refractivity contribution in [3.63, 3.8) is 0 Å². The number of carbonyl (C=O) groups is 1. The van der Waals surface area contributed by atoms with Crippen molar-refractivity contribution in [2.24, 2.45) is 0 Å². The first-order valence-electron chi connectivity index (χ1n) is 8.67. The van der Waals surface area contributed by atoms with E-state index in [9.17, 15) is 9.18 Å². The van der Waals surface area contributed by atoms with E-state index < -0.39 is 0 Å². The van der Waals surface area contributed by atoms with E-state index in [0.29, 0.717) is 24.1 Å². The molecule has 3 rings (SSSR count). The average Bonchev–Trinajstić information content (AvgIpc) is 2.64. The first-order valence-corrected chi connectivity index (χ1v) is 8.67. The van der Waals surface area contributed by atoms with Gasteiger partial charge >= 0.3 is 0 Å². The lowest BCUT2D eigenvalue weighted by Crippen LogP contribution is -2.25. The van der Waals surface area contributed by atoms with Crippen LogP contribution >= 0.6 is 0 Å². The fourth-order valence-corrected chi connectivity index (χ4v) is 2.83. The van der Waals surface area contributed by atoms with Gasteiger partial charge in [0.25, 0.3) is 5.91 Å². The van der Waals surface area contributed by atoms with Gasteiger partial charge in [-0.15, -0.1) is 0 Å². The Hall–Kier alpha value is -2.40. The third-order valence-electron chi connectivity index (χ3n) is 4.48. The Balaban J connectivity index is 1.72. The monoisotopic (exact) mass is 342 g/mol. The van der Waals surface area contributed by atoms with Gasteiger partial charge in [0.2, 0.25) is 0 Å². The van der Waals surface area contributed by atoms with E-state index in [2.05, 4.69) is 17.6 Å². The highest BCUT2D eigenvalue weighted by Gasteiger charge is 2.18. The number of anilines is 1. The van der Waals surface area contributed by atoms with E-state index in [-0.39, 0.29) is 23.5 Å². The summed E-state index contributed by atoms with van der Waals surface area (Å²) >= 11 is 0. The molecule has 1 amide bonds. The van der Waals surface area contributed by atoms with Crippen molar-refractivity contribution in [1.29, 1.82) is 0 Å². The van der Waals surface area contributed by atoms with Gasteiger partial charge < -0.3 is 15.4 Å². The molecule has 0 bridgehead atoms. The molecule has 2 N–H and O–H groups in total. The summed E-state index contributed by atoms with van der Waals surface area (Å²) in [6.07, 6.45) is 1.67. The van der Waals surface area contributed by atoms with Gasteiger partial charge in [0.15, 0.2) is 0 Å². The van der Waals surface area contributed by atoms with Crippen molar-refractivity contribution in [3.05, 3.63) is 58.9 Å². The molecule has 4 nitrogen and oxygen atoms in total. The van der Waals surface area contributed by atoms with Crippen LogP contribution in [0.4, 0.5) is 10.1 Å². The number of carbonyl (C=O) groups excluding carboxylic acids is 1. The van der Waals surface area contributed by atoms with E-state index in [1.54, 1.807) is 30.3 Å². The molecule has 1 heterocycles. The Morgan fingerprint density at radius 2 is 2.04 bits per heavy atom. The highest BCUT2D eigenvalue weighted by Crippen LogP contribution is 2.25. The number of hydrogen-bond donors (Lipinski definition) is 2. The molecule has 25 heavy (non-hydrogen) atoms. The number of hydrogen-bond acceptors (Lipinski definition) is 3. The van der Waals surface area contributed by atoms with Gasteiger partial charge in [-0.2, -0.15) is 0 Å². The molecule has 0 aliphatic carbocycles. The summed E-state index contributed by atoms with van der Waals surface area (Å²) in [7, 11) is 0. The van der Waals surface area contributed by atoms with Crippen molar-refractivity contribution in [1.82, 2.24) is 5.32 Å². The van der Waals surface area contributed by atoms with Crippen LogP contribution in [-0.2, 0) is 13.0 Å². The lowest BCUT2D eigenvalue weighted by molar-refractivity contribution is 0.102. The molecule has 1 aliphatic rings. The summed E-state index contributed by atoms with van der Waals surface area (Å²) in [5.41, 5.74) is 2.34. The molecule has 0 saturated heterocycles. The molecule has 2 aromatic rings. The van der Waals surface area contributed by atoms with Gasteiger partial charge in [0.1, 0.15) is 11.6 Å². The zero-order valence-electron chi connectivity index (χ0n) is 14.6. The second-order valence-corrected chi connectivity index (χ2v) is 6.31. The summed E-state index contributed by atoms with van der Waals surface area (Å²) in [4.78, 5) is 12.4. The van der Waals surface area contributed by atoms with E-state index in [1.807, 2.05) is 13.0 Å². The number of rotatable bonds is 5. The van der Waals surface area contributed by atoms with Gasteiger partial charge in [-0.1, -0.05) is 13.0 Å².